The first-order valence-electron chi connectivity index (χ1n) is 5.58. The highest BCUT2D eigenvalue weighted by atomic mass is 79.9. The second-order valence-corrected chi connectivity index (χ2v) is 5.52. The van der Waals surface area contributed by atoms with E-state index in [0.717, 1.165) is 22.0 Å². The van der Waals surface area contributed by atoms with E-state index in [1.165, 1.54) is 5.56 Å². The van der Waals surface area contributed by atoms with Crippen molar-refractivity contribution in [1.29, 1.82) is 5.26 Å². The fraction of sp³-hybridized carbons (Fsp3) is 0.462. The summed E-state index contributed by atoms with van der Waals surface area (Å²) in [4.78, 5) is 2.24. The highest BCUT2D eigenvalue weighted by Gasteiger charge is 2.11. The number of rotatable bonds is 5. The summed E-state index contributed by atoms with van der Waals surface area (Å²) < 4.78 is 1.11. The zero-order chi connectivity index (χ0) is 12.8. The summed E-state index contributed by atoms with van der Waals surface area (Å²) in [5.74, 6) is 0. The van der Waals surface area contributed by atoms with Crippen LogP contribution in [0.1, 0.15) is 25.8 Å². The lowest BCUT2D eigenvalue weighted by Crippen LogP contribution is -2.31. The quantitative estimate of drug-likeness (QED) is 0.725. The highest BCUT2D eigenvalue weighted by Crippen LogP contribution is 2.26. The van der Waals surface area contributed by atoms with Gasteiger partial charge in [-0.05, 0) is 31.5 Å². The van der Waals surface area contributed by atoms with Gasteiger partial charge in [-0.1, -0.05) is 37.9 Å². The van der Waals surface area contributed by atoms with Gasteiger partial charge in [-0.15, -0.1) is 0 Å². The molecule has 0 aliphatic carbocycles. The van der Waals surface area contributed by atoms with Crippen molar-refractivity contribution in [2.24, 2.45) is 0 Å². The topological polar surface area (TPSA) is 27.0 Å². The Morgan fingerprint density at radius 2 is 2.12 bits per heavy atom. The normalized spacial score (nSPS) is 10.4. The maximum Gasteiger partial charge on any atom is 0.0640 e. The molecule has 0 aliphatic rings. The van der Waals surface area contributed by atoms with Gasteiger partial charge < -0.3 is 4.90 Å². The molecule has 17 heavy (non-hydrogen) atoms. The molecule has 0 fully saturated rings. The number of halogens is 2. The maximum absolute atomic E-state index is 8.69. The van der Waals surface area contributed by atoms with Crippen LogP contribution >= 0.6 is 31.9 Å². The van der Waals surface area contributed by atoms with E-state index in [1.807, 2.05) is 0 Å². The molecule has 0 heterocycles. The average Bonchev–Trinajstić information content (AvgIpc) is 2.29. The maximum atomic E-state index is 8.69. The Labute approximate surface area is 120 Å². The summed E-state index contributed by atoms with van der Waals surface area (Å²) >= 11 is 7.03. The molecule has 0 saturated heterocycles. The van der Waals surface area contributed by atoms with Crippen molar-refractivity contribution >= 4 is 37.5 Å². The third-order valence-electron chi connectivity index (χ3n) is 2.60. The first kappa shape index (κ1) is 14.5. The fourth-order valence-corrected chi connectivity index (χ4v) is 3.05. The van der Waals surface area contributed by atoms with Crippen molar-refractivity contribution in [3.8, 4) is 6.07 Å². The highest BCUT2D eigenvalue weighted by molar-refractivity contribution is 9.10. The number of anilines is 1. The molecule has 2 nitrogen and oxygen atoms in total. The van der Waals surface area contributed by atoms with Crippen molar-refractivity contribution in [3.63, 3.8) is 0 Å². The van der Waals surface area contributed by atoms with Crippen LogP contribution in [-0.2, 0) is 5.33 Å². The summed E-state index contributed by atoms with van der Waals surface area (Å²) in [5, 5.41) is 9.53. The van der Waals surface area contributed by atoms with E-state index in [-0.39, 0.29) is 0 Å². The molecule has 0 spiro atoms. The molecule has 0 radical (unpaired) electrons. The number of hydrogen-bond donors (Lipinski definition) is 0. The van der Waals surface area contributed by atoms with Crippen LogP contribution < -0.4 is 4.90 Å². The minimum Gasteiger partial charge on any atom is -0.368 e. The third kappa shape index (κ3) is 4.01. The molecule has 0 saturated carbocycles. The van der Waals surface area contributed by atoms with E-state index >= 15 is 0 Å². The molecule has 1 aromatic carbocycles. The Morgan fingerprint density at radius 3 is 2.59 bits per heavy atom. The summed E-state index contributed by atoms with van der Waals surface area (Å²) in [5.41, 5.74) is 2.39. The summed E-state index contributed by atoms with van der Waals surface area (Å²) in [6.07, 6.45) is 0.552. The monoisotopic (exact) mass is 358 g/mol. The van der Waals surface area contributed by atoms with E-state index in [0.29, 0.717) is 12.5 Å². The molecular weight excluding hydrogens is 344 g/mol. The van der Waals surface area contributed by atoms with E-state index < -0.39 is 0 Å². The van der Waals surface area contributed by atoms with E-state index in [2.05, 4.69) is 74.9 Å². The van der Waals surface area contributed by atoms with Gasteiger partial charge in [0.1, 0.15) is 0 Å². The minimum absolute atomic E-state index is 0.394. The van der Waals surface area contributed by atoms with Gasteiger partial charge in [-0.25, -0.2) is 0 Å². The molecule has 0 atom stereocenters. The lowest BCUT2D eigenvalue weighted by atomic mass is 10.2. The molecule has 1 aromatic rings. The van der Waals surface area contributed by atoms with Gasteiger partial charge in [-0.2, -0.15) is 5.26 Å². The Balaban J connectivity index is 2.95. The molecule has 1 rings (SSSR count). The van der Waals surface area contributed by atoms with Crippen LogP contribution in [0.5, 0.6) is 0 Å². The third-order valence-corrected chi connectivity index (χ3v) is 3.94. The van der Waals surface area contributed by atoms with Crippen LogP contribution in [0.15, 0.2) is 22.7 Å². The molecule has 0 N–H and O–H groups in total. The first-order chi connectivity index (χ1) is 8.10. The van der Waals surface area contributed by atoms with Crippen molar-refractivity contribution in [3.05, 3.63) is 28.2 Å². The summed E-state index contributed by atoms with van der Waals surface area (Å²) in [6.45, 7) is 5.06. The molecule has 92 valence electrons. The largest absolute Gasteiger partial charge is 0.368 e. The SMILES string of the molecule is CC(C)N(CCC#N)c1ccc(CBr)c(Br)c1. The fourth-order valence-electron chi connectivity index (χ4n) is 1.68. The van der Waals surface area contributed by atoms with Gasteiger partial charge in [-0.3, -0.25) is 0 Å². The number of alkyl halides is 1. The Morgan fingerprint density at radius 1 is 1.41 bits per heavy atom. The molecule has 0 bridgehead atoms. The second-order valence-electron chi connectivity index (χ2n) is 4.10. The number of nitriles is 1. The standard InChI is InChI=1S/C13H16Br2N2/c1-10(2)17(7-3-6-16)12-5-4-11(9-14)13(15)8-12/h4-5,8,10H,3,7,9H2,1-2H3. The van der Waals surface area contributed by atoms with Crippen LogP contribution in [-0.4, -0.2) is 12.6 Å². The van der Waals surface area contributed by atoms with Crippen molar-refractivity contribution in [1.82, 2.24) is 0 Å². The van der Waals surface area contributed by atoms with Gasteiger partial charge in [0.25, 0.3) is 0 Å². The van der Waals surface area contributed by atoms with Gasteiger partial charge in [0.2, 0.25) is 0 Å². The summed E-state index contributed by atoms with van der Waals surface area (Å²) in [6, 6.07) is 8.93. The predicted octanol–water partition coefficient (Wildman–Crippen LogP) is 4.47. The van der Waals surface area contributed by atoms with Gasteiger partial charge in [0.05, 0.1) is 12.5 Å². The zero-order valence-corrected chi connectivity index (χ0v) is 13.3. The van der Waals surface area contributed by atoms with E-state index in [1.54, 1.807) is 0 Å². The van der Waals surface area contributed by atoms with Crippen molar-refractivity contribution < 1.29 is 0 Å². The van der Waals surface area contributed by atoms with Crippen LogP contribution in [0.25, 0.3) is 0 Å². The molecule has 0 unspecified atom stereocenters. The minimum atomic E-state index is 0.394. The number of nitrogens with zero attached hydrogens (tertiary/aromatic N) is 2. The van der Waals surface area contributed by atoms with Crippen LogP contribution in [0.2, 0.25) is 0 Å². The second kappa shape index (κ2) is 7.03. The van der Waals surface area contributed by atoms with Crippen LogP contribution in [0.4, 0.5) is 5.69 Å². The van der Waals surface area contributed by atoms with Crippen LogP contribution in [0.3, 0.4) is 0 Å². The van der Waals surface area contributed by atoms with E-state index in [4.69, 9.17) is 5.26 Å². The summed E-state index contributed by atoms with van der Waals surface area (Å²) in [7, 11) is 0. The molecule has 0 aromatic heterocycles. The van der Waals surface area contributed by atoms with Crippen molar-refractivity contribution in [2.45, 2.75) is 31.6 Å². The molecule has 4 heteroatoms. The lowest BCUT2D eigenvalue weighted by molar-refractivity contribution is 0.686. The Bertz CT molecular complexity index is 410. The lowest BCUT2D eigenvalue weighted by Gasteiger charge is -2.28. The molecule has 0 aliphatic heterocycles. The van der Waals surface area contributed by atoms with Gasteiger partial charge in [0, 0.05) is 28.1 Å². The Kier molecular flexibility index (Phi) is 6.01. The number of hydrogen-bond acceptors (Lipinski definition) is 2. The zero-order valence-electron chi connectivity index (χ0n) is 10.1. The Hall–Kier alpha value is -0.530. The first-order valence-corrected chi connectivity index (χ1v) is 7.49. The van der Waals surface area contributed by atoms with Gasteiger partial charge >= 0.3 is 0 Å². The van der Waals surface area contributed by atoms with Gasteiger partial charge in [0.15, 0.2) is 0 Å². The molecular formula is C13H16Br2N2. The smallest absolute Gasteiger partial charge is 0.0640 e. The predicted molar refractivity (Wildman–Crippen MR) is 79.5 cm³/mol. The van der Waals surface area contributed by atoms with Crippen molar-refractivity contribution in [2.75, 3.05) is 11.4 Å². The van der Waals surface area contributed by atoms with E-state index in [9.17, 15) is 0 Å². The van der Waals surface area contributed by atoms with Crippen LogP contribution in [0, 0.1) is 11.3 Å². The molecule has 0 amide bonds. The number of benzene rings is 1. The average molecular weight is 360 g/mol.